The zero-order valence-electron chi connectivity index (χ0n) is 13.0. The summed E-state index contributed by atoms with van der Waals surface area (Å²) in [6.07, 6.45) is 2.94. The van der Waals surface area contributed by atoms with Crippen molar-refractivity contribution in [1.29, 1.82) is 0 Å². The quantitative estimate of drug-likeness (QED) is 0.933. The number of thioether (sulfide) groups is 1. The van der Waals surface area contributed by atoms with E-state index < -0.39 is 0 Å². The number of benzene rings is 1. The molecular formula is C18H19N3OS. The molecule has 2 aliphatic heterocycles. The van der Waals surface area contributed by atoms with E-state index in [9.17, 15) is 5.11 Å². The Hall–Kier alpha value is -2.01. The van der Waals surface area contributed by atoms with Gasteiger partial charge >= 0.3 is 0 Å². The van der Waals surface area contributed by atoms with Gasteiger partial charge in [-0.25, -0.2) is 0 Å². The molecule has 4 rings (SSSR count). The van der Waals surface area contributed by atoms with Crippen LogP contribution in [-0.2, 0) is 0 Å². The fourth-order valence-corrected chi connectivity index (χ4v) is 4.72. The third-order valence-corrected chi connectivity index (χ3v) is 5.69. The summed E-state index contributed by atoms with van der Waals surface area (Å²) in [5.41, 5.74) is 2.18. The molecule has 1 aromatic heterocycles. The Morgan fingerprint density at radius 3 is 2.74 bits per heavy atom. The second kappa shape index (κ2) is 5.89. The van der Waals surface area contributed by atoms with Crippen molar-refractivity contribution < 1.29 is 5.11 Å². The van der Waals surface area contributed by atoms with Crippen molar-refractivity contribution in [1.82, 2.24) is 9.88 Å². The highest BCUT2D eigenvalue weighted by molar-refractivity contribution is 8.14. The Bertz CT molecular complexity index is 717. The predicted octanol–water partition coefficient (Wildman–Crippen LogP) is 3.77. The zero-order valence-corrected chi connectivity index (χ0v) is 13.8. The van der Waals surface area contributed by atoms with Crippen molar-refractivity contribution in [2.75, 3.05) is 5.75 Å². The van der Waals surface area contributed by atoms with E-state index in [2.05, 4.69) is 22.9 Å². The number of fused-ring (bicyclic) bond motifs is 1. The number of aliphatic imine (C=N–C) groups is 1. The highest BCUT2D eigenvalue weighted by Gasteiger charge is 2.45. The lowest BCUT2D eigenvalue weighted by Gasteiger charge is -2.31. The highest BCUT2D eigenvalue weighted by Crippen LogP contribution is 2.48. The maximum absolute atomic E-state index is 9.61. The summed E-state index contributed by atoms with van der Waals surface area (Å²) in [5.74, 6) is 1.39. The average Bonchev–Trinajstić information content (AvgIpc) is 3.15. The van der Waals surface area contributed by atoms with Crippen LogP contribution in [0.1, 0.15) is 36.7 Å². The molecule has 118 valence electrons. The molecule has 0 saturated carbocycles. The normalized spacial score (nSPS) is 26.2. The van der Waals surface area contributed by atoms with E-state index in [0.717, 1.165) is 23.0 Å². The summed E-state index contributed by atoms with van der Waals surface area (Å²) in [4.78, 5) is 12.0. The third-order valence-electron chi connectivity index (χ3n) is 4.56. The molecule has 0 radical (unpaired) electrons. The number of phenols is 1. The van der Waals surface area contributed by atoms with Crippen molar-refractivity contribution in [3.05, 3.63) is 59.9 Å². The van der Waals surface area contributed by atoms with Gasteiger partial charge in [-0.2, -0.15) is 0 Å². The molecule has 0 amide bonds. The molecule has 1 aromatic carbocycles. The molecule has 1 N–H and O–H groups in total. The number of aromatic nitrogens is 1. The monoisotopic (exact) mass is 325 g/mol. The van der Waals surface area contributed by atoms with E-state index in [0.29, 0.717) is 11.8 Å². The lowest BCUT2D eigenvalue weighted by atomic mass is 9.95. The smallest absolute Gasteiger partial charge is 0.160 e. The van der Waals surface area contributed by atoms with Gasteiger partial charge in [-0.15, -0.1) is 0 Å². The summed E-state index contributed by atoms with van der Waals surface area (Å²) in [5, 5.41) is 10.7. The molecule has 2 aliphatic rings. The first-order valence-electron chi connectivity index (χ1n) is 7.96. The van der Waals surface area contributed by atoms with Gasteiger partial charge in [0, 0.05) is 18.0 Å². The van der Waals surface area contributed by atoms with Crippen molar-refractivity contribution in [3.63, 3.8) is 0 Å². The first-order valence-corrected chi connectivity index (χ1v) is 8.95. The minimum absolute atomic E-state index is 0.0117. The van der Waals surface area contributed by atoms with E-state index in [1.807, 2.05) is 42.2 Å². The Labute approximate surface area is 140 Å². The zero-order chi connectivity index (χ0) is 15.8. The van der Waals surface area contributed by atoms with Crippen LogP contribution in [0.2, 0.25) is 0 Å². The van der Waals surface area contributed by atoms with Crippen molar-refractivity contribution in [2.45, 2.75) is 31.5 Å². The predicted molar refractivity (Wildman–Crippen MR) is 93.6 cm³/mol. The second-order valence-electron chi connectivity index (χ2n) is 5.93. The number of rotatable bonds is 3. The van der Waals surface area contributed by atoms with Crippen LogP contribution >= 0.6 is 11.8 Å². The second-order valence-corrected chi connectivity index (χ2v) is 6.91. The topological polar surface area (TPSA) is 48.7 Å². The number of phenolic OH excluding ortho intramolecular Hbond substituents is 1. The molecule has 1 fully saturated rings. The van der Waals surface area contributed by atoms with Crippen LogP contribution in [0.15, 0.2) is 53.7 Å². The lowest BCUT2D eigenvalue weighted by molar-refractivity contribution is 0.255. The highest BCUT2D eigenvalue weighted by atomic mass is 32.2. The number of aromatic hydroxyl groups is 1. The summed E-state index contributed by atoms with van der Waals surface area (Å²) in [7, 11) is 0. The Kier molecular flexibility index (Phi) is 3.73. The van der Waals surface area contributed by atoms with Gasteiger partial charge < -0.3 is 10.0 Å². The molecule has 2 aromatic rings. The first kappa shape index (κ1) is 14.6. The van der Waals surface area contributed by atoms with Gasteiger partial charge in [-0.1, -0.05) is 36.9 Å². The molecule has 5 heteroatoms. The SMILES string of the molecule is CC[C@@H]1CSC2=N[C@H](c3ccccn3)[C@H](c3ccc(O)cc3)N21. The van der Waals surface area contributed by atoms with E-state index >= 15 is 0 Å². The van der Waals surface area contributed by atoms with Gasteiger partial charge in [-0.05, 0) is 36.2 Å². The maximum Gasteiger partial charge on any atom is 0.160 e. The minimum Gasteiger partial charge on any atom is -0.508 e. The summed E-state index contributed by atoms with van der Waals surface area (Å²) < 4.78 is 0. The van der Waals surface area contributed by atoms with Crippen LogP contribution in [0.5, 0.6) is 5.75 Å². The standard InChI is InChI=1S/C18H19N3OS/c1-2-13-11-23-18-20-16(15-5-3-4-10-19-15)17(21(13)18)12-6-8-14(22)9-7-12/h3-10,13,16-17,22H,2,11H2,1H3/t13-,16-,17+/m1/s1. The molecule has 4 nitrogen and oxygen atoms in total. The van der Waals surface area contributed by atoms with Gasteiger partial charge in [0.05, 0.1) is 11.7 Å². The molecular weight excluding hydrogens is 306 g/mol. The first-order chi connectivity index (χ1) is 11.3. The van der Waals surface area contributed by atoms with Gasteiger partial charge in [-0.3, -0.25) is 9.98 Å². The van der Waals surface area contributed by atoms with E-state index in [1.54, 1.807) is 12.1 Å². The summed E-state index contributed by atoms with van der Waals surface area (Å²) >= 11 is 1.84. The molecule has 1 saturated heterocycles. The van der Waals surface area contributed by atoms with Crippen LogP contribution < -0.4 is 0 Å². The Balaban J connectivity index is 1.78. The molecule has 0 aliphatic carbocycles. The van der Waals surface area contributed by atoms with E-state index in [4.69, 9.17) is 4.99 Å². The molecule has 3 heterocycles. The van der Waals surface area contributed by atoms with Gasteiger partial charge in [0.15, 0.2) is 5.17 Å². The third kappa shape index (κ3) is 2.49. The van der Waals surface area contributed by atoms with E-state index in [-0.39, 0.29) is 12.1 Å². The lowest BCUT2D eigenvalue weighted by Crippen LogP contribution is -2.35. The summed E-state index contributed by atoms with van der Waals surface area (Å²) in [6.45, 7) is 2.23. The van der Waals surface area contributed by atoms with Crippen LogP contribution in [0.4, 0.5) is 0 Å². The van der Waals surface area contributed by atoms with Crippen molar-refractivity contribution >= 4 is 16.9 Å². The van der Waals surface area contributed by atoms with Crippen LogP contribution in [-0.4, -0.2) is 32.0 Å². The number of amidine groups is 1. The molecule has 3 atom stereocenters. The van der Waals surface area contributed by atoms with Gasteiger partial charge in [0.1, 0.15) is 11.8 Å². The Morgan fingerprint density at radius 2 is 2.04 bits per heavy atom. The number of hydrogen-bond acceptors (Lipinski definition) is 5. The summed E-state index contributed by atoms with van der Waals surface area (Å²) in [6, 6.07) is 14.2. The van der Waals surface area contributed by atoms with Crippen molar-refractivity contribution in [2.24, 2.45) is 4.99 Å². The molecule has 23 heavy (non-hydrogen) atoms. The largest absolute Gasteiger partial charge is 0.508 e. The fraction of sp³-hybridized carbons (Fsp3) is 0.333. The molecule has 0 bridgehead atoms. The van der Waals surface area contributed by atoms with Gasteiger partial charge in [0.25, 0.3) is 0 Å². The van der Waals surface area contributed by atoms with Gasteiger partial charge in [0.2, 0.25) is 0 Å². The average molecular weight is 325 g/mol. The molecule has 0 spiro atoms. The fourth-order valence-electron chi connectivity index (χ4n) is 3.38. The van der Waals surface area contributed by atoms with Crippen LogP contribution in [0.3, 0.4) is 0 Å². The number of pyridine rings is 1. The van der Waals surface area contributed by atoms with Crippen LogP contribution in [0.25, 0.3) is 0 Å². The van der Waals surface area contributed by atoms with E-state index in [1.165, 1.54) is 5.56 Å². The minimum atomic E-state index is 0.0117. The number of nitrogens with zero attached hydrogens (tertiary/aromatic N) is 3. The Morgan fingerprint density at radius 1 is 1.22 bits per heavy atom. The van der Waals surface area contributed by atoms with Crippen LogP contribution in [0, 0.1) is 0 Å². The number of hydrogen-bond donors (Lipinski definition) is 1. The molecule has 0 unspecified atom stereocenters. The maximum atomic E-state index is 9.61. The van der Waals surface area contributed by atoms with Crippen molar-refractivity contribution in [3.8, 4) is 5.75 Å².